The second-order valence-corrected chi connectivity index (χ2v) is 29.5. The Bertz CT molecular complexity index is 2230. The van der Waals surface area contributed by atoms with Crippen LogP contribution in [0.5, 0.6) is 0 Å². The van der Waals surface area contributed by atoms with Crippen molar-refractivity contribution in [3.63, 3.8) is 0 Å². The summed E-state index contributed by atoms with van der Waals surface area (Å²) >= 11 is 0. The first-order valence-electron chi connectivity index (χ1n) is 39.8. The van der Waals surface area contributed by atoms with E-state index in [0.29, 0.717) is 25.7 Å². The lowest BCUT2D eigenvalue weighted by atomic mass is 10.0. The molecule has 19 heteroatoms. The van der Waals surface area contributed by atoms with Gasteiger partial charge in [0.15, 0.2) is 12.2 Å². The molecule has 3 N–H and O–H groups in total. The second-order valence-electron chi connectivity index (χ2n) is 26.6. The van der Waals surface area contributed by atoms with E-state index in [0.717, 1.165) is 180 Å². The molecule has 0 spiro atoms. The van der Waals surface area contributed by atoms with E-state index in [1.807, 2.05) is 0 Å². The number of rotatable bonds is 75. The Morgan fingerprint density at radius 2 is 0.520 bits per heavy atom. The van der Waals surface area contributed by atoms with Gasteiger partial charge in [-0.2, -0.15) is 0 Å². The van der Waals surface area contributed by atoms with Crippen LogP contribution >= 0.6 is 15.6 Å². The summed E-state index contributed by atoms with van der Waals surface area (Å²) in [6.07, 6.45) is 75.6. The quantitative estimate of drug-likeness (QED) is 0.0169. The molecule has 0 bridgehead atoms. The van der Waals surface area contributed by atoms with Crippen LogP contribution in [0.15, 0.2) is 85.1 Å². The molecule has 0 aliphatic rings. The molecule has 0 amide bonds. The molecule has 0 rings (SSSR count). The van der Waals surface area contributed by atoms with Gasteiger partial charge in [-0.05, 0) is 116 Å². The molecular formula is C81H144O17P2. The minimum Gasteiger partial charge on any atom is -0.462 e. The van der Waals surface area contributed by atoms with Crippen LogP contribution in [0.25, 0.3) is 0 Å². The zero-order chi connectivity index (χ0) is 73.2. The number of allylic oxidation sites excluding steroid dienone is 14. The number of phosphoric acid groups is 2. The molecule has 580 valence electrons. The molecule has 5 atom stereocenters. The highest BCUT2D eigenvalue weighted by molar-refractivity contribution is 7.47. The molecule has 0 saturated carbocycles. The van der Waals surface area contributed by atoms with Crippen molar-refractivity contribution in [1.82, 2.24) is 0 Å². The number of carbonyl (C=O) groups is 4. The normalized spacial score (nSPS) is 14.3. The third-order valence-corrected chi connectivity index (χ3v) is 18.8. The largest absolute Gasteiger partial charge is 0.472 e. The Kier molecular flexibility index (Phi) is 70.8. The van der Waals surface area contributed by atoms with Gasteiger partial charge < -0.3 is 33.8 Å². The molecule has 0 heterocycles. The number of aliphatic hydroxyl groups is 1. The number of hydrogen-bond donors (Lipinski definition) is 3. The number of esters is 4. The molecule has 0 aromatic rings. The number of aliphatic hydroxyl groups excluding tert-OH is 1. The molecule has 0 aliphatic carbocycles. The highest BCUT2D eigenvalue weighted by Gasteiger charge is 2.30. The molecule has 0 fully saturated rings. The van der Waals surface area contributed by atoms with Crippen LogP contribution in [0.4, 0.5) is 0 Å². The first-order valence-corrected chi connectivity index (χ1v) is 42.8. The summed E-state index contributed by atoms with van der Waals surface area (Å²) in [6.45, 7) is 4.66. The van der Waals surface area contributed by atoms with Gasteiger partial charge in [0.25, 0.3) is 0 Å². The first-order chi connectivity index (χ1) is 48.7. The van der Waals surface area contributed by atoms with E-state index < -0.39 is 97.5 Å². The summed E-state index contributed by atoms with van der Waals surface area (Å²) in [5.74, 6) is -2.19. The van der Waals surface area contributed by atoms with Crippen molar-refractivity contribution < 1.29 is 80.2 Å². The molecule has 5 unspecified atom stereocenters. The van der Waals surface area contributed by atoms with Crippen molar-refractivity contribution in [3.05, 3.63) is 85.1 Å². The minimum atomic E-state index is -4.98. The maximum atomic E-state index is 13.1. The first kappa shape index (κ1) is 96.2. The Hall–Kier alpha value is -3.76. The summed E-state index contributed by atoms with van der Waals surface area (Å²) in [5.41, 5.74) is 0. The van der Waals surface area contributed by atoms with Crippen LogP contribution in [-0.2, 0) is 65.4 Å². The monoisotopic (exact) mass is 1450 g/mol. The van der Waals surface area contributed by atoms with Crippen LogP contribution in [0, 0.1) is 0 Å². The van der Waals surface area contributed by atoms with Crippen LogP contribution in [0.2, 0.25) is 0 Å². The zero-order valence-electron chi connectivity index (χ0n) is 63.4. The highest BCUT2D eigenvalue weighted by Crippen LogP contribution is 2.45. The number of hydrogen-bond acceptors (Lipinski definition) is 15. The van der Waals surface area contributed by atoms with Crippen LogP contribution in [0.1, 0.15) is 349 Å². The standard InChI is InChI=1S/C81H144O17P2/c1-5-9-13-17-21-25-29-33-36-37-40-43-46-50-54-58-62-66-79(84)92-71-76(97-80(85)67-63-59-55-51-47-41-32-28-24-20-16-12-8-4)73-95-99(87,88)93-69-75(82)70-94-100(89,90)96-74-77(98-81(86)68-64-60-56-52-48-44-39-35-31-27-23-19-15-11-7-3)72-91-78(83)65-61-57-53-49-45-42-38-34-30-26-22-18-14-10-6-2/h9-10,13-14,21-22,25-26,33-36,38-39,75-77,82H,5-8,11-12,15-20,23-24,27-32,37,40-74H2,1-4H3,(H,87,88)(H,89,90)/b13-9-,14-10-,25-21-,26-22-,36-33-,38-34-,39-35-. The van der Waals surface area contributed by atoms with Crippen molar-refractivity contribution in [1.29, 1.82) is 0 Å². The summed E-state index contributed by atoms with van der Waals surface area (Å²) in [5, 5.41) is 10.6. The van der Waals surface area contributed by atoms with Crippen molar-refractivity contribution >= 4 is 39.5 Å². The molecule has 0 aromatic heterocycles. The van der Waals surface area contributed by atoms with E-state index in [1.54, 1.807) is 0 Å². The van der Waals surface area contributed by atoms with Gasteiger partial charge in [-0.15, -0.1) is 0 Å². The molecule has 0 aromatic carbocycles. The van der Waals surface area contributed by atoms with Crippen LogP contribution < -0.4 is 0 Å². The molecule has 0 saturated heterocycles. The third kappa shape index (κ3) is 72.6. The Morgan fingerprint density at radius 1 is 0.290 bits per heavy atom. The van der Waals surface area contributed by atoms with Crippen molar-refractivity contribution in [2.45, 2.75) is 367 Å². The molecular weight excluding hydrogens is 1310 g/mol. The van der Waals surface area contributed by atoms with Gasteiger partial charge in [0.1, 0.15) is 19.3 Å². The maximum absolute atomic E-state index is 13.1. The predicted molar refractivity (Wildman–Crippen MR) is 409 cm³/mol. The molecule has 0 aliphatic heterocycles. The van der Waals surface area contributed by atoms with Gasteiger partial charge in [0.05, 0.1) is 26.4 Å². The Balaban J connectivity index is 5.34. The van der Waals surface area contributed by atoms with E-state index in [9.17, 15) is 43.2 Å². The van der Waals surface area contributed by atoms with Crippen LogP contribution in [0.3, 0.4) is 0 Å². The SMILES string of the molecule is CC/C=C\C/C=C\C/C=C\CCCCCCCCCC(=O)OCC(COP(=O)(O)OCC(O)COP(=O)(O)OCC(COC(=O)CCCCCCC/C=C\C/C=C\C/C=C\CC)OC(=O)CCCCCCC/C=C\CCCCCCCC)OC(=O)CCCCCCCCCCCCCCC. The predicted octanol–water partition coefficient (Wildman–Crippen LogP) is 23.0. The van der Waals surface area contributed by atoms with E-state index in [-0.39, 0.29) is 25.7 Å². The van der Waals surface area contributed by atoms with Crippen molar-refractivity contribution in [2.24, 2.45) is 0 Å². The fourth-order valence-electron chi connectivity index (χ4n) is 10.8. The van der Waals surface area contributed by atoms with E-state index in [1.165, 1.54) is 89.9 Å². The third-order valence-electron chi connectivity index (χ3n) is 16.9. The molecule has 0 radical (unpaired) electrons. The van der Waals surface area contributed by atoms with E-state index in [2.05, 4.69) is 113 Å². The topological polar surface area (TPSA) is 237 Å². The van der Waals surface area contributed by atoms with Crippen molar-refractivity contribution in [2.75, 3.05) is 39.6 Å². The minimum absolute atomic E-state index is 0.0832. The number of unbranched alkanes of at least 4 members (excludes halogenated alkanes) is 35. The maximum Gasteiger partial charge on any atom is 0.472 e. The summed E-state index contributed by atoms with van der Waals surface area (Å²) in [6, 6.07) is 0. The van der Waals surface area contributed by atoms with Crippen LogP contribution in [-0.4, -0.2) is 96.7 Å². The van der Waals surface area contributed by atoms with Gasteiger partial charge >= 0.3 is 39.5 Å². The smallest absolute Gasteiger partial charge is 0.462 e. The summed E-state index contributed by atoms with van der Waals surface area (Å²) in [4.78, 5) is 73.0. The summed E-state index contributed by atoms with van der Waals surface area (Å²) in [7, 11) is -9.95. The van der Waals surface area contributed by atoms with E-state index >= 15 is 0 Å². The number of phosphoric ester groups is 2. The lowest BCUT2D eigenvalue weighted by Crippen LogP contribution is -2.30. The van der Waals surface area contributed by atoms with Crippen molar-refractivity contribution in [3.8, 4) is 0 Å². The fourth-order valence-corrected chi connectivity index (χ4v) is 12.4. The lowest BCUT2D eigenvalue weighted by molar-refractivity contribution is -0.161. The zero-order valence-corrected chi connectivity index (χ0v) is 65.2. The highest BCUT2D eigenvalue weighted by atomic mass is 31.2. The Labute approximate surface area is 608 Å². The number of ether oxygens (including phenoxy) is 4. The molecule has 17 nitrogen and oxygen atoms in total. The Morgan fingerprint density at radius 3 is 0.810 bits per heavy atom. The van der Waals surface area contributed by atoms with Gasteiger partial charge in [-0.1, -0.05) is 293 Å². The lowest BCUT2D eigenvalue weighted by Gasteiger charge is -2.21. The van der Waals surface area contributed by atoms with Gasteiger partial charge in [0.2, 0.25) is 0 Å². The average molecular weight is 1450 g/mol. The molecule has 100 heavy (non-hydrogen) atoms. The average Bonchev–Trinajstić information content (AvgIpc) is 0.965. The summed E-state index contributed by atoms with van der Waals surface area (Å²) < 4.78 is 68.6. The second kappa shape index (κ2) is 73.5. The van der Waals surface area contributed by atoms with Gasteiger partial charge in [-0.25, -0.2) is 9.13 Å². The van der Waals surface area contributed by atoms with Gasteiger partial charge in [0, 0.05) is 25.7 Å². The van der Waals surface area contributed by atoms with E-state index in [4.69, 9.17) is 37.0 Å². The van der Waals surface area contributed by atoms with Gasteiger partial charge in [-0.3, -0.25) is 37.3 Å². The fraction of sp³-hybridized carbons (Fsp3) is 0.778. The number of carbonyl (C=O) groups excluding carboxylic acids is 4.